The van der Waals surface area contributed by atoms with E-state index in [2.05, 4.69) is 15.9 Å². The Kier molecular flexibility index (Phi) is 5.58. The van der Waals surface area contributed by atoms with E-state index in [0.717, 1.165) is 12.0 Å². The van der Waals surface area contributed by atoms with Crippen molar-refractivity contribution in [1.82, 2.24) is 0 Å². The molecular weight excluding hydrogens is 282 g/mol. The van der Waals surface area contributed by atoms with E-state index >= 15 is 0 Å². The Balaban J connectivity index is 2.56. The fraction of sp³-hybridized carbons (Fsp3) is 0.455. The van der Waals surface area contributed by atoms with E-state index in [4.69, 9.17) is 11.6 Å². The number of alkyl halides is 1. The molecular formula is C11H13BrClFO. The molecule has 4 heteroatoms. The second-order valence-corrected chi connectivity index (χ2v) is 4.66. The first-order chi connectivity index (χ1) is 7.13. The van der Waals surface area contributed by atoms with Crippen molar-refractivity contribution in [3.05, 3.63) is 34.1 Å². The van der Waals surface area contributed by atoms with Crippen LogP contribution in [0.3, 0.4) is 0 Å². The molecule has 0 saturated carbocycles. The second kappa shape index (κ2) is 6.46. The third-order valence-electron chi connectivity index (χ3n) is 2.14. The van der Waals surface area contributed by atoms with Crippen molar-refractivity contribution in [1.29, 1.82) is 0 Å². The van der Waals surface area contributed by atoms with Gasteiger partial charge in [0.15, 0.2) is 0 Å². The summed E-state index contributed by atoms with van der Waals surface area (Å²) in [6, 6.07) is 4.49. The van der Waals surface area contributed by atoms with Crippen LogP contribution in [0.25, 0.3) is 0 Å². The van der Waals surface area contributed by atoms with Crippen molar-refractivity contribution in [3.63, 3.8) is 0 Å². The number of benzene rings is 1. The molecule has 0 heterocycles. The Labute approximate surface area is 102 Å². The lowest BCUT2D eigenvalue weighted by atomic mass is 10.0. The number of rotatable bonds is 5. The molecule has 1 atom stereocenters. The Bertz CT molecular complexity index is 319. The topological polar surface area (TPSA) is 20.2 Å². The molecule has 84 valence electrons. The largest absolute Gasteiger partial charge is 0.393 e. The van der Waals surface area contributed by atoms with Crippen molar-refractivity contribution >= 4 is 27.5 Å². The monoisotopic (exact) mass is 294 g/mol. The summed E-state index contributed by atoms with van der Waals surface area (Å²) in [4.78, 5) is 0. The minimum atomic E-state index is -0.412. The molecule has 0 aliphatic heterocycles. The molecule has 0 aliphatic carbocycles. The molecule has 1 N–H and O–H groups in total. The summed E-state index contributed by atoms with van der Waals surface area (Å²) in [5.41, 5.74) is 0.915. The van der Waals surface area contributed by atoms with Gasteiger partial charge >= 0.3 is 0 Å². The van der Waals surface area contributed by atoms with Crippen LogP contribution in [0.15, 0.2) is 22.7 Å². The van der Waals surface area contributed by atoms with E-state index in [1.165, 1.54) is 12.1 Å². The van der Waals surface area contributed by atoms with Crippen molar-refractivity contribution in [2.75, 3.05) is 5.88 Å². The summed E-state index contributed by atoms with van der Waals surface area (Å²) in [7, 11) is 0. The average Bonchev–Trinajstić information content (AvgIpc) is 2.19. The molecule has 1 aromatic rings. The van der Waals surface area contributed by atoms with E-state index in [9.17, 15) is 9.50 Å². The van der Waals surface area contributed by atoms with Crippen molar-refractivity contribution in [3.8, 4) is 0 Å². The van der Waals surface area contributed by atoms with Crippen LogP contribution in [0, 0.1) is 5.82 Å². The molecule has 1 rings (SSSR count). The highest BCUT2D eigenvalue weighted by Crippen LogP contribution is 2.20. The van der Waals surface area contributed by atoms with Crippen LogP contribution in [-0.2, 0) is 6.42 Å². The zero-order valence-corrected chi connectivity index (χ0v) is 10.6. The van der Waals surface area contributed by atoms with Crippen molar-refractivity contribution < 1.29 is 9.50 Å². The number of hydrogen-bond acceptors (Lipinski definition) is 1. The zero-order chi connectivity index (χ0) is 11.3. The van der Waals surface area contributed by atoms with Crippen molar-refractivity contribution in [2.24, 2.45) is 0 Å². The van der Waals surface area contributed by atoms with Crippen LogP contribution >= 0.6 is 27.5 Å². The van der Waals surface area contributed by atoms with Gasteiger partial charge in [0.05, 0.1) is 6.10 Å². The third kappa shape index (κ3) is 4.49. The minimum absolute atomic E-state index is 0.277. The second-order valence-electron chi connectivity index (χ2n) is 3.42. The molecule has 0 radical (unpaired) electrons. The van der Waals surface area contributed by atoms with Crippen LogP contribution in [0.5, 0.6) is 0 Å². The lowest BCUT2D eigenvalue weighted by molar-refractivity contribution is 0.164. The molecule has 0 aliphatic rings. The van der Waals surface area contributed by atoms with Gasteiger partial charge in [-0.25, -0.2) is 4.39 Å². The first-order valence-corrected chi connectivity index (χ1v) is 6.14. The summed E-state index contributed by atoms with van der Waals surface area (Å²) in [6.07, 6.45) is 1.58. The Hall–Kier alpha value is -0.120. The van der Waals surface area contributed by atoms with Crippen LogP contribution in [-0.4, -0.2) is 17.1 Å². The van der Waals surface area contributed by atoms with Gasteiger partial charge in [-0.2, -0.15) is 0 Å². The molecule has 1 aromatic carbocycles. The van der Waals surface area contributed by atoms with Gasteiger partial charge in [-0.1, -0.05) is 22.0 Å². The normalized spacial score (nSPS) is 12.8. The van der Waals surface area contributed by atoms with Crippen LogP contribution < -0.4 is 0 Å². The molecule has 0 spiro atoms. The van der Waals surface area contributed by atoms with Crippen LogP contribution in [0.4, 0.5) is 4.39 Å². The van der Waals surface area contributed by atoms with E-state index in [1.54, 1.807) is 6.07 Å². The third-order valence-corrected chi connectivity index (χ3v) is 3.15. The van der Waals surface area contributed by atoms with E-state index in [1.807, 2.05) is 0 Å². The fourth-order valence-electron chi connectivity index (χ4n) is 1.36. The number of hydrogen-bond donors (Lipinski definition) is 1. The Morgan fingerprint density at radius 1 is 1.47 bits per heavy atom. The smallest absolute Gasteiger partial charge is 0.124 e. The first-order valence-electron chi connectivity index (χ1n) is 4.81. The maximum atomic E-state index is 12.8. The van der Waals surface area contributed by atoms with Crippen LogP contribution in [0.2, 0.25) is 0 Å². The highest BCUT2D eigenvalue weighted by molar-refractivity contribution is 9.10. The van der Waals surface area contributed by atoms with Gasteiger partial charge in [0.1, 0.15) is 5.82 Å². The molecule has 0 aromatic heterocycles. The summed E-state index contributed by atoms with van der Waals surface area (Å²) in [5, 5.41) is 9.65. The van der Waals surface area contributed by atoms with Crippen LogP contribution in [0.1, 0.15) is 18.4 Å². The standard InChI is InChI=1S/C11H13BrClFO/c12-11-7-9(14)4-3-8(11)6-10(15)2-1-5-13/h3-4,7,10,15H,1-2,5-6H2. The van der Waals surface area contributed by atoms with E-state index < -0.39 is 6.10 Å². The summed E-state index contributed by atoms with van der Waals surface area (Å²) >= 11 is 8.80. The first kappa shape index (κ1) is 12.9. The lowest BCUT2D eigenvalue weighted by Crippen LogP contribution is -2.11. The number of halogens is 3. The van der Waals surface area contributed by atoms with Gasteiger partial charge < -0.3 is 5.11 Å². The molecule has 1 unspecified atom stereocenters. The van der Waals surface area contributed by atoms with Gasteiger partial charge in [-0.3, -0.25) is 0 Å². The Morgan fingerprint density at radius 3 is 2.80 bits per heavy atom. The average molecular weight is 296 g/mol. The number of aliphatic hydroxyl groups excluding tert-OH is 1. The van der Waals surface area contributed by atoms with Gasteiger partial charge in [0.25, 0.3) is 0 Å². The van der Waals surface area contributed by atoms with Gasteiger partial charge in [0, 0.05) is 10.4 Å². The molecule has 15 heavy (non-hydrogen) atoms. The summed E-state index contributed by atoms with van der Waals surface area (Å²) in [5.74, 6) is 0.280. The number of aliphatic hydroxyl groups is 1. The molecule has 0 amide bonds. The zero-order valence-electron chi connectivity index (χ0n) is 8.22. The SMILES string of the molecule is OC(CCCCl)Cc1ccc(F)cc1Br. The predicted octanol–water partition coefficient (Wildman–Crippen LogP) is 3.51. The molecule has 0 saturated heterocycles. The van der Waals surface area contributed by atoms with Gasteiger partial charge in [-0.15, -0.1) is 11.6 Å². The Morgan fingerprint density at radius 2 is 2.20 bits per heavy atom. The molecule has 0 fully saturated rings. The lowest BCUT2D eigenvalue weighted by Gasteiger charge is -2.10. The van der Waals surface area contributed by atoms with Crippen molar-refractivity contribution in [2.45, 2.75) is 25.4 Å². The summed E-state index contributed by atoms with van der Waals surface area (Å²) < 4.78 is 13.5. The minimum Gasteiger partial charge on any atom is -0.393 e. The van der Waals surface area contributed by atoms with E-state index in [-0.39, 0.29) is 5.82 Å². The van der Waals surface area contributed by atoms with Gasteiger partial charge in [-0.05, 0) is 37.0 Å². The fourth-order valence-corrected chi connectivity index (χ4v) is 2.02. The summed E-state index contributed by atoms with van der Waals surface area (Å²) in [6.45, 7) is 0. The molecule has 0 bridgehead atoms. The molecule has 1 nitrogen and oxygen atoms in total. The predicted molar refractivity (Wildman–Crippen MR) is 63.8 cm³/mol. The quantitative estimate of drug-likeness (QED) is 0.824. The highest BCUT2D eigenvalue weighted by Gasteiger charge is 2.08. The maximum Gasteiger partial charge on any atom is 0.124 e. The maximum absolute atomic E-state index is 12.8. The highest BCUT2D eigenvalue weighted by atomic mass is 79.9. The van der Waals surface area contributed by atoms with E-state index in [0.29, 0.717) is 23.2 Å². The van der Waals surface area contributed by atoms with Gasteiger partial charge in [0.2, 0.25) is 0 Å².